The van der Waals surface area contributed by atoms with Crippen molar-refractivity contribution in [1.82, 2.24) is 15.1 Å². The van der Waals surface area contributed by atoms with E-state index in [1.165, 1.54) is 12.0 Å². The third-order valence-electron chi connectivity index (χ3n) is 3.64. The molecule has 0 saturated heterocycles. The molecule has 2 unspecified atom stereocenters. The zero-order valence-corrected chi connectivity index (χ0v) is 10.1. The summed E-state index contributed by atoms with van der Waals surface area (Å²) in [7, 11) is 2.04. The molecule has 84 valence electrons. The molecule has 1 aromatic rings. The lowest BCUT2D eigenvalue weighted by molar-refractivity contribution is 0.440. The molecular weight excluding hydrogens is 186 g/mol. The molecule has 1 fully saturated rings. The van der Waals surface area contributed by atoms with Gasteiger partial charge in [-0.05, 0) is 31.7 Å². The molecule has 1 heterocycles. The largest absolute Gasteiger partial charge is 0.313 e. The van der Waals surface area contributed by atoms with E-state index in [1.807, 2.05) is 17.9 Å². The van der Waals surface area contributed by atoms with Gasteiger partial charge >= 0.3 is 0 Å². The van der Waals surface area contributed by atoms with Crippen LogP contribution in [-0.2, 0) is 6.54 Å². The van der Waals surface area contributed by atoms with E-state index >= 15 is 0 Å². The monoisotopic (exact) mass is 207 g/mol. The van der Waals surface area contributed by atoms with Crippen LogP contribution in [0.3, 0.4) is 0 Å². The molecule has 1 aliphatic carbocycles. The summed E-state index contributed by atoms with van der Waals surface area (Å²) in [4.78, 5) is 0. The maximum absolute atomic E-state index is 4.34. The summed E-state index contributed by atoms with van der Waals surface area (Å²) in [5.41, 5.74) is 1.83. The van der Waals surface area contributed by atoms with Crippen molar-refractivity contribution in [3.8, 4) is 0 Å². The van der Waals surface area contributed by atoms with E-state index in [-0.39, 0.29) is 0 Å². The quantitative estimate of drug-likeness (QED) is 0.820. The SMILES string of the molecule is CCn1cc(C(NC)C2CC2(C)C)cn1. The van der Waals surface area contributed by atoms with E-state index < -0.39 is 0 Å². The van der Waals surface area contributed by atoms with Crippen LogP contribution in [0.5, 0.6) is 0 Å². The first-order chi connectivity index (χ1) is 7.08. The molecule has 1 N–H and O–H groups in total. The van der Waals surface area contributed by atoms with Crippen molar-refractivity contribution < 1.29 is 0 Å². The molecule has 2 atom stereocenters. The zero-order chi connectivity index (χ0) is 11.1. The molecule has 3 heteroatoms. The number of hydrogen-bond donors (Lipinski definition) is 1. The molecule has 15 heavy (non-hydrogen) atoms. The number of aromatic nitrogens is 2. The fraction of sp³-hybridized carbons (Fsp3) is 0.750. The number of nitrogens with zero attached hydrogens (tertiary/aromatic N) is 2. The summed E-state index contributed by atoms with van der Waals surface area (Å²) in [6.07, 6.45) is 5.48. The van der Waals surface area contributed by atoms with Gasteiger partial charge in [0.25, 0.3) is 0 Å². The topological polar surface area (TPSA) is 29.9 Å². The highest BCUT2D eigenvalue weighted by atomic mass is 15.3. The second-order valence-electron chi connectivity index (χ2n) is 5.19. The van der Waals surface area contributed by atoms with Crippen molar-refractivity contribution in [2.24, 2.45) is 11.3 Å². The Bertz CT molecular complexity index is 340. The van der Waals surface area contributed by atoms with E-state index in [0.29, 0.717) is 11.5 Å². The van der Waals surface area contributed by atoms with Crippen LogP contribution in [0.2, 0.25) is 0 Å². The number of rotatable bonds is 4. The molecule has 1 aromatic heterocycles. The van der Waals surface area contributed by atoms with Crippen LogP contribution in [0.25, 0.3) is 0 Å². The van der Waals surface area contributed by atoms with Crippen LogP contribution >= 0.6 is 0 Å². The predicted octanol–water partition coefficient (Wildman–Crippen LogP) is 2.21. The normalized spacial score (nSPS) is 25.2. The Labute approximate surface area is 91.9 Å². The Morgan fingerprint density at radius 2 is 2.33 bits per heavy atom. The van der Waals surface area contributed by atoms with Gasteiger partial charge < -0.3 is 5.32 Å². The van der Waals surface area contributed by atoms with Crippen molar-refractivity contribution in [3.63, 3.8) is 0 Å². The zero-order valence-electron chi connectivity index (χ0n) is 10.1. The predicted molar refractivity (Wildman–Crippen MR) is 61.6 cm³/mol. The summed E-state index contributed by atoms with van der Waals surface area (Å²) >= 11 is 0. The van der Waals surface area contributed by atoms with Crippen LogP contribution in [0, 0.1) is 11.3 Å². The molecule has 2 rings (SSSR count). The summed E-state index contributed by atoms with van der Waals surface area (Å²) < 4.78 is 2.00. The van der Waals surface area contributed by atoms with Gasteiger partial charge in [0, 0.05) is 24.3 Å². The van der Waals surface area contributed by atoms with Crippen LogP contribution < -0.4 is 5.32 Å². The minimum atomic E-state index is 0.473. The Balaban J connectivity index is 2.13. The van der Waals surface area contributed by atoms with Gasteiger partial charge in [-0.25, -0.2) is 0 Å². The van der Waals surface area contributed by atoms with Crippen molar-refractivity contribution in [2.45, 2.75) is 39.8 Å². The van der Waals surface area contributed by atoms with Gasteiger partial charge in [-0.2, -0.15) is 5.10 Å². The lowest BCUT2D eigenvalue weighted by Gasteiger charge is -2.16. The Kier molecular flexibility index (Phi) is 2.59. The molecule has 1 aliphatic rings. The van der Waals surface area contributed by atoms with E-state index in [4.69, 9.17) is 0 Å². The number of hydrogen-bond acceptors (Lipinski definition) is 2. The van der Waals surface area contributed by atoms with Gasteiger partial charge in [-0.1, -0.05) is 13.8 Å². The minimum Gasteiger partial charge on any atom is -0.313 e. The van der Waals surface area contributed by atoms with Crippen molar-refractivity contribution in [2.75, 3.05) is 7.05 Å². The highest BCUT2D eigenvalue weighted by Crippen LogP contribution is 2.57. The first kappa shape index (κ1) is 10.7. The highest BCUT2D eigenvalue weighted by Gasteiger charge is 2.50. The average molecular weight is 207 g/mol. The fourth-order valence-corrected chi connectivity index (χ4v) is 2.39. The molecule has 0 bridgehead atoms. The van der Waals surface area contributed by atoms with Gasteiger partial charge in [0.1, 0.15) is 0 Å². The summed E-state index contributed by atoms with van der Waals surface area (Å²) in [6.45, 7) is 7.75. The summed E-state index contributed by atoms with van der Waals surface area (Å²) in [5, 5.41) is 7.76. The van der Waals surface area contributed by atoms with E-state index in [9.17, 15) is 0 Å². The second kappa shape index (κ2) is 3.63. The van der Waals surface area contributed by atoms with Crippen molar-refractivity contribution >= 4 is 0 Å². The maximum Gasteiger partial charge on any atom is 0.0537 e. The fourth-order valence-electron chi connectivity index (χ4n) is 2.39. The van der Waals surface area contributed by atoms with Gasteiger partial charge in [0.15, 0.2) is 0 Å². The van der Waals surface area contributed by atoms with E-state index in [2.05, 4.69) is 37.4 Å². The van der Waals surface area contributed by atoms with E-state index in [0.717, 1.165) is 12.5 Å². The summed E-state index contributed by atoms with van der Waals surface area (Å²) in [6, 6.07) is 0.473. The minimum absolute atomic E-state index is 0.473. The lowest BCUT2D eigenvalue weighted by atomic mass is 10.00. The summed E-state index contributed by atoms with van der Waals surface area (Å²) in [5.74, 6) is 0.761. The standard InChI is InChI=1S/C12H21N3/c1-5-15-8-9(7-14-15)11(13-4)10-6-12(10,2)3/h7-8,10-11,13H,5-6H2,1-4H3. The number of nitrogens with one attached hydrogen (secondary N) is 1. The van der Waals surface area contributed by atoms with Crippen molar-refractivity contribution in [1.29, 1.82) is 0 Å². The van der Waals surface area contributed by atoms with Crippen LogP contribution in [0.4, 0.5) is 0 Å². The Hall–Kier alpha value is -0.830. The molecule has 3 nitrogen and oxygen atoms in total. The molecule has 0 aliphatic heterocycles. The molecule has 0 radical (unpaired) electrons. The first-order valence-electron chi connectivity index (χ1n) is 5.78. The number of aryl methyl sites for hydroxylation is 1. The lowest BCUT2D eigenvalue weighted by Crippen LogP contribution is -2.20. The van der Waals surface area contributed by atoms with Gasteiger partial charge in [0.05, 0.1) is 6.20 Å². The van der Waals surface area contributed by atoms with Crippen molar-refractivity contribution in [3.05, 3.63) is 18.0 Å². The second-order valence-corrected chi connectivity index (χ2v) is 5.19. The Morgan fingerprint density at radius 1 is 1.67 bits per heavy atom. The average Bonchev–Trinajstić information content (AvgIpc) is 2.67. The van der Waals surface area contributed by atoms with Crippen LogP contribution in [0.15, 0.2) is 12.4 Å². The smallest absolute Gasteiger partial charge is 0.0537 e. The van der Waals surface area contributed by atoms with Crippen LogP contribution in [0.1, 0.15) is 38.8 Å². The Morgan fingerprint density at radius 3 is 2.73 bits per heavy atom. The molecule has 0 amide bonds. The first-order valence-corrected chi connectivity index (χ1v) is 5.78. The third-order valence-corrected chi connectivity index (χ3v) is 3.64. The molecular formula is C12H21N3. The highest BCUT2D eigenvalue weighted by molar-refractivity contribution is 5.17. The maximum atomic E-state index is 4.34. The van der Waals surface area contributed by atoms with Gasteiger partial charge in [-0.15, -0.1) is 0 Å². The van der Waals surface area contributed by atoms with Gasteiger partial charge in [0.2, 0.25) is 0 Å². The molecule has 1 saturated carbocycles. The molecule has 0 aromatic carbocycles. The molecule has 0 spiro atoms. The van der Waals surface area contributed by atoms with Crippen LogP contribution in [-0.4, -0.2) is 16.8 Å². The van der Waals surface area contributed by atoms with E-state index in [1.54, 1.807) is 0 Å². The third kappa shape index (κ3) is 1.93. The van der Waals surface area contributed by atoms with Gasteiger partial charge in [-0.3, -0.25) is 4.68 Å².